The quantitative estimate of drug-likeness (QED) is 0.163. The molecule has 0 saturated heterocycles. The number of nitrogens with zero attached hydrogens (tertiary/aromatic N) is 3. The fourth-order valence-corrected chi connectivity index (χ4v) is 22.9. The Balaban J connectivity index is 0.850. The van der Waals surface area contributed by atoms with Crippen LogP contribution in [0.25, 0.3) is 105 Å². The molecule has 500 valence electrons. The zero-order valence-corrected chi connectivity index (χ0v) is 59.2. The number of hydrogen-bond acceptors (Lipinski definition) is 2. The van der Waals surface area contributed by atoms with E-state index >= 15 is 0 Å². The van der Waals surface area contributed by atoms with Gasteiger partial charge in [-0.2, -0.15) is 0 Å². The highest BCUT2D eigenvalue weighted by Crippen LogP contribution is 2.69. The Morgan fingerprint density at radius 1 is 0.211 bits per heavy atom. The van der Waals surface area contributed by atoms with Crippen LogP contribution in [-0.4, -0.2) is 11.3 Å². The number of rotatable bonds is 4. The molecule has 0 unspecified atom stereocenters. The number of benzene rings is 17. The van der Waals surface area contributed by atoms with Crippen molar-refractivity contribution in [3.8, 4) is 83.6 Å². The smallest absolute Gasteiger partial charge is 0.252 e. The molecule has 0 amide bonds. The molecule has 0 N–H and O–H groups in total. The largest absolute Gasteiger partial charge is 0.311 e. The predicted octanol–water partition coefficient (Wildman–Crippen LogP) is 23.6. The monoisotopic (exact) mass is 1380 g/mol. The highest BCUT2D eigenvalue weighted by molar-refractivity contribution is 7.01. The van der Waals surface area contributed by atoms with Crippen LogP contribution in [0.4, 0.5) is 34.1 Å². The van der Waals surface area contributed by atoms with Crippen molar-refractivity contribution in [2.24, 2.45) is 0 Å². The molecule has 0 fully saturated rings. The van der Waals surface area contributed by atoms with Crippen molar-refractivity contribution in [2.75, 3.05) is 9.80 Å². The van der Waals surface area contributed by atoms with Crippen molar-refractivity contribution in [1.29, 1.82) is 0 Å². The standard InChI is InChI=1S/C105H62BN3/c1-2-27-63(28-3-1)64-53-57-94-91(59-64)106-101-97(107(94)65-54-55-75-73-35-8-19-44-84(73)104(90(75)60-65)82-42-17-6-31-69(82)70-32-7-18-43-83(70)104)61-66(108-92-50-24-13-37-76(92)77-38-14-25-51-93(77)108)62-98(101)109(95-52-26-49-89-99(95)79-39-12-23-48-88(79)103(89)80-40-15-4-29-67(80)68-30-5-16-41-81(68)103)96-58-56-78-74-36-11-22-47-87(74)105(100(78)102(96)106)85-45-20-9-33-71(85)72-34-10-21-46-86(72)105/h1-62H. The van der Waals surface area contributed by atoms with Crippen molar-refractivity contribution in [3.05, 3.63) is 443 Å². The average Bonchev–Trinajstić information content (AvgIpc) is 1.55. The van der Waals surface area contributed by atoms with E-state index in [1.54, 1.807) is 0 Å². The molecule has 26 rings (SSSR count). The summed E-state index contributed by atoms with van der Waals surface area (Å²) in [6.07, 6.45) is 0. The van der Waals surface area contributed by atoms with Crippen LogP contribution < -0.4 is 26.2 Å². The van der Waals surface area contributed by atoms with Crippen LogP contribution in [0.2, 0.25) is 0 Å². The van der Waals surface area contributed by atoms with Gasteiger partial charge in [-0.05, 0) is 210 Å². The summed E-state index contributed by atoms with van der Waals surface area (Å²) in [5, 5.41) is 2.44. The van der Waals surface area contributed by atoms with Gasteiger partial charge in [0.2, 0.25) is 0 Å². The molecule has 0 saturated carbocycles. The predicted molar refractivity (Wildman–Crippen MR) is 449 cm³/mol. The first kappa shape index (κ1) is 58.5. The second kappa shape index (κ2) is 20.8. The van der Waals surface area contributed by atoms with Gasteiger partial charge in [0.25, 0.3) is 6.71 Å². The van der Waals surface area contributed by atoms with Crippen molar-refractivity contribution in [1.82, 2.24) is 4.57 Å². The van der Waals surface area contributed by atoms with Gasteiger partial charge in [0.1, 0.15) is 0 Å². The van der Waals surface area contributed by atoms with E-state index in [1.807, 2.05) is 0 Å². The molecule has 3 nitrogen and oxygen atoms in total. The van der Waals surface area contributed by atoms with E-state index in [4.69, 9.17) is 0 Å². The lowest BCUT2D eigenvalue weighted by molar-refractivity contribution is 0.793. The summed E-state index contributed by atoms with van der Waals surface area (Å²) < 4.78 is 2.57. The molecule has 6 aliphatic carbocycles. The molecular formula is C105H62BN3. The van der Waals surface area contributed by atoms with Gasteiger partial charge >= 0.3 is 0 Å². The van der Waals surface area contributed by atoms with E-state index in [9.17, 15) is 0 Å². The van der Waals surface area contributed by atoms with Gasteiger partial charge in [-0.15, -0.1) is 0 Å². The van der Waals surface area contributed by atoms with Crippen LogP contribution >= 0.6 is 0 Å². The van der Waals surface area contributed by atoms with E-state index in [2.05, 4.69) is 390 Å². The second-order valence-electron chi connectivity index (χ2n) is 31.0. The Hall–Kier alpha value is -13.8. The molecule has 18 aromatic rings. The molecule has 0 atom stereocenters. The van der Waals surface area contributed by atoms with Gasteiger partial charge in [-0.25, -0.2) is 0 Å². The maximum absolute atomic E-state index is 2.79. The third-order valence-corrected chi connectivity index (χ3v) is 26.6. The Kier molecular flexibility index (Phi) is 11.2. The third-order valence-electron chi connectivity index (χ3n) is 26.6. The van der Waals surface area contributed by atoms with E-state index < -0.39 is 16.2 Å². The number of para-hydroxylation sites is 2. The third kappa shape index (κ3) is 6.92. The normalized spacial score (nSPS) is 15.0. The van der Waals surface area contributed by atoms with Crippen LogP contribution in [0.15, 0.2) is 376 Å². The van der Waals surface area contributed by atoms with Crippen molar-refractivity contribution in [2.45, 2.75) is 16.2 Å². The minimum Gasteiger partial charge on any atom is -0.311 e. The Labute approximate surface area is 631 Å². The number of anilines is 6. The van der Waals surface area contributed by atoms with Crippen molar-refractivity contribution in [3.63, 3.8) is 0 Å². The molecule has 3 heterocycles. The molecule has 1 aromatic heterocycles. The summed E-state index contributed by atoms with van der Waals surface area (Å²) in [6.45, 7) is -0.318. The summed E-state index contributed by atoms with van der Waals surface area (Å²) in [5.74, 6) is 0. The van der Waals surface area contributed by atoms with E-state index in [-0.39, 0.29) is 6.71 Å². The Morgan fingerprint density at radius 3 is 1.13 bits per heavy atom. The maximum Gasteiger partial charge on any atom is 0.252 e. The number of aromatic nitrogens is 1. The number of fused-ring (bicyclic) bond motifs is 38. The zero-order valence-electron chi connectivity index (χ0n) is 59.2. The molecule has 0 radical (unpaired) electrons. The topological polar surface area (TPSA) is 11.4 Å². The minimum absolute atomic E-state index is 0.318. The second-order valence-corrected chi connectivity index (χ2v) is 31.0. The molecule has 0 bridgehead atoms. The summed E-state index contributed by atoms with van der Waals surface area (Å²) in [7, 11) is 0. The lowest BCUT2D eigenvalue weighted by atomic mass is 9.32. The first-order valence-corrected chi connectivity index (χ1v) is 38.4. The van der Waals surface area contributed by atoms with Gasteiger partial charge in [-0.3, -0.25) is 0 Å². The van der Waals surface area contributed by atoms with E-state index in [0.717, 1.165) is 45.2 Å². The first-order valence-electron chi connectivity index (χ1n) is 38.4. The Bertz CT molecular complexity index is 6950. The molecule has 3 spiro atoms. The van der Waals surface area contributed by atoms with Gasteiger partial charge < -0.3 is 14.4 Å². The lowest BCUT2D eigenvalue weighted by Crippen LogP contribution is -2.63. The van der Waals surface area contributed by atoms with Crippen LogP contribution in [0.3, 0.4) is 0 Å². The van der Waals surface area contributed by atoms with E-state index in [0.29, 0.717) is 0 Å². The molecule has 8 aliphatic rings. The molecule has 17 aromatic carbocycles. The average molecular weight is 1380 g/mol. The fourth-order valence-electron chi connectivity index (χ4n) is 22.9. The highest BCUT2D eigenvalue weighted by Gasteiger charge is 2.59. The summed E-state index contributed by atoms with van der Waals surface area (Å²) >= 11 is 0. The fraction of sp³-hybridized carbons (Fsp3) is 0.0286. The maximum atomic E-state index is 2.79. The molecule has 4 heteroatoms. The van der Waals surface area contributed by atoms with Crippen molar-refractivity contribution >= 4 is 79.0 Å². The Morgan fingerprint density at radius 2 is 0.606 bits per heavy atom. The van der Waals surface area contributed by atoms with Crippen LogP contribution in [0.5, 0.6) is 0 Å². The zero-order chi connectivity index (χ0) is 70.7. The molecule has 109 heavy (non-hydrogen) atoms. The lowest BCUT2D eigenvalue weighted by Gasteiger charge is -2.47. The van der Waals surface area contributed by atoms with Gasteiger partial charge in [0.15, 0.2) is 0 Å². The summed E-state index contributed by atoms with van der Waals surface area (Å²) in [5.41, 5.74) is 45.8. The van der Waals surface area contributed by atoms with Gasteiger partial charge in [0, 0.05) is 44.8 Å². The van der Waals surface area contributed by atoms with Gasteiger partial charge in [-0.1, -0.05) is 322 Å². The first-order chi connectivity index (χ1) is 54.1. The van der Waals surface area contributed by atoms with Crippen LogP contribution in [0, 0.1) is 0 Å². The van der Waals surface area contributed by atoms with Crippen LogP contribution in [0.1, 0.15) is 66.8 Å². The summed E-state index contributed by atoms with van der Waals surface area (Å²) in [6, 6.07) is 146. The van der Waals surface area contributed by atoms with Gasteiger partial charge in [0.05, 0.1) is 38.7 Å². The van der Waals surface area contributed by atoms with E-state index in [1.165, 1.54) is 177 Å². The summed E-state index contributed by atoms with van der Waals surface area (Å²) in [4.78, 5) is 5.50. The SMILES string of the molecule is c1ccc(-c2ccc3c(c2)B2c4c(cc(-n5c6ccccc6c6ccccc65)cc4N(c4cccc5c4-c4ccccc4C54c5ccccc5-c5ccccc54)c4ccc5c(c42)C2(c4ccccc4-c4ccccc42)c2ccccc2-5)N3c2ccc3c(c2)C2(c4ccccc4-c4ccccc42)c2ccccc2-3)cc1. The highest BCUT2D eigenvalue weighted by atomic mass is 15.2. The number of hydrogen-bond donors (Lipinski definition) is 0. The van der Waals surface area contributed by atoms with Crippen molar-refractivity contribution < 1.29 is 0 Å². The minimum atomic E-state index is -0.714. The molecule has 2 aliphatic heterocycles. The van der Waals surface area contributed by atoms with Crippen LogP contribution in [-0.2, 0) is 16.2 Å². The molecular weight excluding hydrogens is 1310 g/mol.